The Morgan fingerprint density at radius 2 is 1.68 bits per heavy atom. The molecule has 0 radical (unpaired) electrons. The molecule has 2 aromatic carbocycles. The number of amides is 1. The molecule has 1 amide bonds. The van der Waals surface area contributed by atoms with Gasteiger partial charge in [-0.1, -0.05) is 49.2 Å². The number of nitrogens with zero attached hydrogens (tertiary/aromatic N) is 1. The lowest BCUT2D eigenvalue weighted by Crippen LogP contribution is -2.33. The minimum atomic E-state index is -3.58. The van der Waals surface area contributed by atoms with Crippen molar-refractivity contribution in [3.05, 3.63) is 65.2 Å². The predicted molar refractivity (Wildman–Crippen MR) is 111 cm³/mol. The first kappa shape index (κ1) is 20.6. The Hall–Kier alpha value is -2.18. The maximum atomic E-state index is 13.1. The van der Waals surface area contributed by atoms with Crippen LogP contribution in [-0.4, -0.2) is 38.3 Å². The van der Waals surface area contributed by atoms with Gasteiger partial charge in [-0.3, -0.25) is 4.79 Å². The van der Waals surface area contributed by atoms with Crippen molar-refractivity contribution in [2.24, 2.45) is 0 Å². The minimum absolute atomic E-state index is 0.241. The van der Waals surface area contributed by atoms with Gasteiger partial charge in [0, 0.05) is 25.2 Å². The lowest BCUT2D eigenvalue weighted by molar-refractivity contribution is 0.0954. The standard InChI is InChI=1S/C22H28N2O3S/c1-18-11-12-20(22(25)23-14-13-19-9-5-4-6-10-19)17-21(18)28(26,27)24-15-7-2-3-8-16-24/h4-6,9-12,17H,2-3,7-8,13-16H2,1H3,(H,23,25). The molecule has 0 aromatic heterocycles. The summed E-state index contributed by atoms with van der Waals surface area (Å²) in [6.45, 7) is 3.39. The van der Waals surface area contributed by atoms with Gasteiger partial charge in [-0.05, 0) is 49.4 Å². The van der Waals surface area contributed by atoms with Crippen molar-refractivity contribution in [3.8, 4) is 0 Å². The molecule has 1 aliphatic rings. The molecule has 0 unspecified atom stereocenters. The molecule has 0 atom stereocenters. The van der Waals surface area contributed by atoms with Crippen molar-refractivity contribution in [2.75, 3.05) is 19.6 Å². The van der Waals surface area contributed by atoms with Gasteiger partial charge in [0.1, 0.15) is 0 Å². The summed E-state index contributed by atoms with van der Waals surface area (Å²) in [7, 11) is -3.58. The molecule has 0 bridgehead atoms. The van der Waals surface area contributed by atoms with E-state index >= 15 is 0 Å². The largest absolute Gasteiger partial charge is 0.352 e. The molecular weight excluding hydrogens is 372 g/mol. The zero-order valence-electron chi connectivity index (χ0n) is 16.4. The van der Waals surface area contributed by atoms with Crippen molar-refractivity contribution in [2.45, 2.75) is 43.9 Å². The Morgan fingerprint density at radius 3 is 2.36 bits per heavy atom. The second-order valence-corrected chi connectivity index (χ2v) is 9.20. The van der Waals surface area contributed by atoms with Gasteiger partial charge in [-0.15, -0.1) is 0 Å². The van der Waals surface area contributed by atoms with Crippen LogP contribution in [0.2, 0.25) is 0 Å². The monoisotopic (exact) mass is 400 g/mol. The third-order valence-electron chi connectivity index (χ3n) is 5.18. The number of sulfonamides is 1. The number of benzene rings is 2. The van der Waals surface area contributed by atoms with E-state index in [1.54, 1.807) is 23.4 Å². The first-order valence-corrected chi connectivity index (χ1v) is 11.4. The minimum Gasteiger partial charge on any atom is -0.352 e. The maximum Gasteiger partial charge on any atom is 0.251 e. The summed E-state index contributed by atoms with van der Waals surface area (Å²) >= 11 is 0. The van der Waals surface area contributed by atoms with E-state index in [2.05, 4.69) is 5.32 Å². The highest BCUT2D eigenvalue weighted by molar-refractivity contribution is 7.89. The fourth-order valence-electron chi connectivity index (χ4n) is 3.51. The van der Waals surface area contributed by atoms with Crippen LogP contribution >= 0.6 is 0 Å². The Balaban J connectivity index is 1.72. The Labute approximate surface area is 167 Å². The second kappa shape index (κ2) is 9.34. The summed E-state index contributed by atoms with van der Waals surface area (Å²) in [6, 6.07) is 14.9. The van der Waals surface area contributed by atoms with Gasteiger partial charge >= 0.3 is 0 Å². The predicted octanol–water partition coefficient (Wildman–Crippen LogP) is 3.53. The van der Waals surface area contributed by atoms with E-state index in [0.717, 1.165) is 37.7 Å². The molecule has 0 saturated carbocycles. The van der Waals surface area contributed by atoms with Crippen molar-refractivity contribution in [1.29, 1.82) is 0 Å². The van der Waals surface area contributed by atoms with Crippen LogP contribution in [0.4, 0.5) is 0 Å². The van der Waals surface area contributed by atoms with E-state index in [0.29, 0.717) is 30.8 Å². The van der Waals surface area contributed by atoms with Gasteiger partial charge in [-0.2, -0.15) is 4.31 Å². The quantitative estimate of drug-likeness (QED) is 0.807. The number of nitrogens with one attached hydrogen (secondary N) is 1. The van der Waals surface area contributed by atoms with Gasteiger partial charge in [0.05, 0.1) is 4.90 Å². The van der Waals surface area contributed by atoms with Gasteiger partial charge < -0.3 is 5.32 Å². The Morgan fingerprint density at radius 1 is 1.00 bits per heavy atom. The summed E-state index contributed by atoms with van der Waals surface area (Å²) in [4.78, 5) is 12.8. The first-order valence-electron chi connectivity index (χ1n) is 9.91. The fraction of sp³-hybridized carbons (Fsp3) is 0.409. The molecule has 1 fully saturated rings. The summed E-state index contributed by atoms with van der Waals surface area (Å²) in [5.74, 6) is -0.247. The fourth-order valence-corrected chi connectivity index (χ4v) is 5.28. The van der Waals surface area contributed by atoms with Crippen LogP contribution in [0.15, 0.2) is 53.4 Å². The zero-order chi connectivity index (χ0) is 20.0. The second-order valence-electron chi connectivity index (χ2n) is 7.29. The number of hydrogen-bond donors (Lipinski definition) is 1. The first-order chi connectivity index (χ1) is 13.5. The molecular formula is C22H28N2O3S. The number of carbonyl (C=O) groups excluding carboxylic acids is 1. The van der Waals surface area contributed by atoms with Gasteiger partial charge in [0.2, 0.25) is 10.0 Å². The van der Waals surface area contributed by atoms with Crippen molar-refractivity contribution < 1.29 is 13.2 Å². The smallest absolute Gasteiger partial charge is 0.251 e. The molecule has 2 aromatic rings. The average Bonchev–Trinajstić information content (AvgIpc) is 2.99. The van der Waals surface area contributed by atoms with E-state index in [4.69, 9.17) is 0 Å². The number of aryl methyl sites for hydroxylation is 1. The summed E-state index contributed by atoms with van der Waals surface area (Å²) in [5.41, 5.74) is 2.20. The molecule has 1 saturated heterocycles. The van der Waals surface area contributed by atoms with Crippen LogP contribution < -0.4 is 5.32 Å². The molecule has 0 spiro atoms. The number of carbonyl (C=O) groups is 1. The van der Waals surface area contributed by atoms with Crippen LogP contribution in [0.3, 0.4) is 0 Å². The van der Waals surface area contributed by atoms with E-state index in [1.165, 1.54) is 6.07 Å². The summed E-state index contributed by atoms with van der Waals surface area (Å²) < 4.78 is 27.8. The van der Waals surface area contributed by atoms with E-state index in [1.807, 2.05) is 30.3 Å². The number of rotatable bonds is 6. The normalized spacial score (nSPS) is 15.8. The molecule has 1 N–H and O–H groups in total. The van der Waals surface area contributed by atoms with Crippen molar-refractivity contribution in [1.82, 2.24) is 9.62 Å². The molecule has 1 aliphatic heterocycles. The lowest BCUT2D eigenvalue weighted by atomic mass is 10.1. The summed E-state index contributed by atoms with van der Waals surface area (Å²) in [5, 5.41) is 2.89. The van der Waals surface area contributed by atoms with Gasteiger partial charge in [0.25, 0.3) is 5.91 Å². The molecule has 150 valence electrons. The molecule has 5 nitrogen and oxygen atoms in total. The summed E-state index contributed by atoms with van der Waals surface area (Å²) in [6.07, 6.45) is 4.64. The highest BCUT2D eigenvalue weighted by Crippen LogP contribution is 2.24. The SMILES string of the molecule is Cc1ccc(C(=O)NCCc2ccccc2)cc1S(=O)(=O)N1CCCCCC1. The highest BCUT2D eigenvalue weighted by Gasteiger charge is 2.27. The molecule has 3 rings (SSSR count). The molecule has 1 heterocycles. The average molecular weight is 401 g/mol. The topological polar surface area (TPSA) is 66.5 Å². The van der Waals surface area contributed by atoms with Gasteiger partial charge in [0.15, 0.2) is 0 Å². The van der Waals surface area contributed by atoms with E-state index in [9.17, 15) is 13.2 Å². The van der Waals surface area contributed by atoms with Crippen molar-refractivity contribution >= 4 is 15.9 Å². The van der Waals surface area contributed by atoms with E-state index in [-0.39, 0.29) is 10.8 Å². The molecule has 6 heteroatoms. The number of hydrogen-bond acceptors (Lipinski definition) is 3. The van der Waals surface area contributed by atoms with Crippen LogP contribution in [-0.2, 0) is 16.4 Å². The Bertz CT molecular complexity index is 903. The molecule has 0 aliphatic carbocycles. The third-order valence-corrected chi connectivity index (χ3v) is 7.22. The zero-order valence-corrected chi connectivity index (χ0v) is 17.2. The van der Waals surface area contributed by atoms with Gasteiger partial charge in [-0.25, -0.2) is 8.42 Å². The Kier molecular flexibility index (Phi) is 6.86. The van der Waals surface area contributed by atoms with Crippen molar-refractivity contribution in [3.63, 3.8) is 0 Å². The van der Waals surface area contributed by atoms with Crippen LogP contribution in [0.25, 0.3) is 0 Å². The molecule has 28 heavy (non-hydrogen) atoms. The van der Waals surface area contributed by atoms with E-state index < -0.39 is 10.0 Å². The third kappa shape index (κ3) is 5.00. The van der Waals surface area contributed by atoms with Crippen LogP contribution in [0.5, 0.6) is 0 Å². The van der Waals surface area contributed by atoms with Crippen LogP contribution in [0, 0.1) is 6.92 Å². The van der Waals surface area contributed by atoms with Crippen LogP contribution in [0.1, 0.15) is 47.2 Å². The maximum absolute atomic E-state index is 13.1. The highest BCUT2D eigenvalue weighted by atomic mass is 32.2. The lowest BCUT2D eigenvalue weighted by Gasteiger charge is -2.21.